The molecular formula is C32H31ClF2N6O4. The van der Waals surface area contributed by atoms with Crippen molar-refractivity contribution in [3.05, 3.63) is 54.0 Å². The summed E-state index contributed by atoms with van der Waals surface area (Å²) in [5, 5.41) is 21.5. The van der Waals surface area contributed by atoms with Crippen LogP contribution in [0.15, 0.2) is 53.4 Å². The Morgan fingerprint density at radius 3 is 2.82 bits per heavy atom. The van der Waals surface area contributed by atoms with Crippen LogP contribution in [0.25, 0.3) is 33.0 Å². The van der Waals surface area contributed by atoms with Gasteiger partial charge in [-0.05, 0) is 55.3 Å². The van der Waals surface area contributed by atoms with Gasteiger partial charge in [0.25, 0.3) is 5.91 Å². The van der Waals surface area contributed by atoms with Crippen molar-refractivity contribution in [2.24, 2.45) is 0 Å². The summed E-state index contributed by atoms with van der Waals surface area (Å²) in [5.74, 6) is -1.43. The fourth-order valence-electron chi connectivity index (χ4n) is 6.34. The Balaban J connectivity index is 1.47. The molecule has 1 N–H and O–H groups in total. The summed E-state index contributed by atoms with van der Waals surface area (Å²) in [4.78, 5) is 27.4. The van der Waals surface area contributed by atoms with Crippen LogP contribution in [0, 0.1) is 11.3 Å². The highest BCUT2D eigenvalue weighted by molar-refractivity contribution is 6.34. The number of nitrogens with zero attached hydrogens (tertiary/aromatic N) is 6. The van der Waals surface area contributed by atoms with Gasteiger partial charge < -0.3 is 24.1 Å². The smallest absolute Gasteiger partial charge is 0.319 e. The number of benzene rings is 2. The molecule has 6 rings (SSSR count). The van der Waals surface area contributed by atoms with E-state index in [0.717, 1.165) is 19.4 Å². The highest BCUT2D eigenvalue weighted by Crippen LogP contribution is 2.42. The molecule has 2 fully saturated rings. The second kappa shape index (κ2) is 12.9. The van der Waals surface area contributed by atoms with E-state index in [4.69, 9.17) is 30.7 Å². The van der Waals surface area contributed by atoms with Gasteiger partial charge in [-0.25, -0.2) is 8.78 Å². The lowest BCUT2D eigenvalue weighted by Crippen LogP contribution is -2.55. The van der Waals surface area contributed by atoms with Gasteiger partial charge in [-0.3, -0.25) is 9.69 Å². The number of anilines is 1. The first-order valence-electron chi connectivity index (χ1n) is 14.7. The standard InChI is InChI=1S/C32H31ClF2N6O4/c1-19(35)31(43)41-13-12-40(17-20(41)6-9-36)30-28-27(37-32(38-30)45-18-21-3-2-10-39(21)11-8-34)16-24(23-7-14-44-29(23)28)25-15-22(42)4-5-26(25)33/h4-5,7,14-16,20-21,42H,1-3,6,8,10-13,17-18H2/t20-,21-/m0/s1. The third-order valence-corrected chi connectivity index (χ3v) is 8.81. The zero-order valence-corrected chi connectivity index (χ0v) is 25.1. The van der Waals surface area contributed by atoms with E-state index in [9.17, 15) is 23.9 Å². The summed E-state index contributed by atoms with van der Waals surface area (Å²) in [6.45, 7) is 4.69. The first kappa shape index (κ1) is 30.6. The largest absolute Gasteiger partial charge is 0.508 e. The SMILES string of the molecule is C=C(F)C(=O)N1CCN(c2nc(OC[C@@H]3CCCN3CCF)nc3cc(-c4cc(O)ccc4Cl)c4ccoc4c23)C[C@@H]1CC#N. The van der Waals surface area contributed by atoms with Gasteiger partial charge >= 0.3 is 6.01 Å². The van der Waals surface area contributed by atoms with Crippen LogP contribution >= 0.6 is 11.6 Å². The van der Waals surface area contributed by atoms with Gasteiger partial charge in [0.2, 0.25) is 0 Å². The van der Waals surface area contributed by atoms with E-state index < -0.39 is 24.5 Å². The Morgan fingerprint density at radius 2 is 2.04 bits per heavy atom. The molecule has 4 aromatic rings. The predicted molar refractivity (Wildman–Crippen MR) is 166 cm³/mol. The number of amides is 1. The molecule has 2 aromatic carbocycles. The molecule has 2 aromatic heterocycles. The fourth-order valence-corrected chi connectivity index (χ4v) is 6.56. The van der Waals surface area contributed by atoms with Crippen LogP contribution in [0.2, 0.25) is 5.02 Å². The number of alkyl halides is 1. The number of aromatic hydroxyl groups is 1. The molecule has 2 saturated heterocycles. The van der Waals surface area contributed by atoms with E-state index in [1.165, 1.54) is 11.0 Å². The number of rotatable bonds is 9. The molecule has 45 heavy (non-hydrogen) atoms. The van der Waals surface area contributed by atoms with Gasteiger partial charge in [-0.2, -0.15) is 15.2 Å². The number of nitriles is 1. The van der Waals surface area contributed by atoms with Gasteiger partial charge in [0, 0.05) is 48.2 Å². The van der Waals surface area contributed by atoms with Crippen LogP contribution in [0.1, 0.15) is 19.3 Å². The summed E-state index contributed by atoms with van der Waals surface area (Å²) >= 11 is 6.57. The topological polar surface area (TPSA) is 119 Å². The molecule has 0 bridgehead atoms. The van der Waals surface area contributed by atoms with E-state index in [1.807, 2.05) is 11.0 Å². The number of aromatic nitrogens is 2. The van der Waals surface area contributed by atoms with Gasteiger partial charge in [0.1, 0.15) is 30.4 Å². The number of carbonyl (C=O) groups is 1. The van der Waals surface area contributed by atoms with Crippen molar-refractivity contribution in [3.63, 3.8) is 0 Å². The fraction of sp³-hybridized carbons (Fsp3) is 0.375. The molecule has 0 unspecified atom stereocenters. The van der Waals surface area contributed by atoms with Crippen molar-refractivity contribution >= 4 is 45.2 Å². The van der Waals surface area contributed by atoms with Crippen LogP contribution < -0.4 is 9.64 Å². The van der Waals surface area contributed by atoms with Gasteiger partial charge in [0.15, 0.2) is 5.83 Å². The molecule has 4 heterocycles. The van der Waals surface area contributed by atoms with E-state index in [2.05, 4.69) is 17.5 Å². The molecule has 13 heteroatoms. The van der Waals surface area contributed by atoms with Crippen LogP contribution in [-0.2, 0) is 4.79 Å². The summed E-state index contributed by atoms with van der Waals surface area (Å²) in [5.41, 5.74) is 2.20. The number of likely N-dealkylation sites (tertiary alicyclic amines) is 1. The maximum atomic E-state index is 13.9. The van der Waals surface area contributed by atoms with Crippen molar-refractivity contribution in [1.29, 1.82) is 5.26 Å². The average molecular weight is 637 g/mol. The Bertz CT molecular complexity index is 1810. The summed E-state index contributed by atoms with van der Waals surface area (Å²) < 4.78 is 39.2. The van der Waals surface area contributed by atoms with Crippen molar-refractivity contribution in [1.82, 2.24) is 19.8 Å². The Kier molecular flexibility index (Phi) is 8.74. The Hall–Kier alpha value is -4.47. The van der Waals surface area contributed by atoms with Crippen LogP contribution in [0.5, 0.6) is 11.8 Å². The maximum absolute atomic E-state index is 13.9. The lowest BCUT2D eigenvalue weighted by atomic mass is 9.98. The third-order valence-electron chi connectivity index (χ3n) is 8.48. The first-order chi connectivity index (χ1) is 21.8. The number of ether oxygens (including phenoxy) is 1. The number of fused-ring (bicyclic) bond motifs is 3. The Labute approximate surface area is 263 Å². The molecular weight excluding hydrogens is 606 g/mol. The van der Waals surface area contributed by atoms with Gasteiger partial charge in [-0.15, -0.1) is 0 Å². The highest BCUT2D eigenvalue weighted by Gasteiger charge is 2.34. The number of piperazine rings is 1. The first-order valence-corrected chi connectivity index (χ1v) is 15.1. The van der Waals surface area contributed by atoms with Crippen molar-refractivity contribution in [2.75, 3.05) is 50.9 Å². The average Bonchev–Trinajstić information content (AvgIpc) is 3.70. The number of furan rings is 1. The van der Waals surface area contributed by atoms with E-state index in [-0.39, 0.29) is 50.5 Å². The minimum Gasteiger partial charge on any atom is -0.508 e. The quantitative estimate of drug-likeness (QED) is 0.233. The summed E-state index contributed by atoms with van der Waals surface area (Å²) in [6, 6.07) is 9.88. The number of hydrogen-bond donors (Lipinski definition) is 1. The van der Waals surface area contributed by atoms with E-state index in [0.29, 0.717) is 50.4 Å². The van der Waals surface area contributed by atoms with Crippen molar-refractivity contribution in [2.45, 2.75) is 31.3 Å². The minimum absolute atomic E-state index is 0.0149. The van der Waals surface area contributed by atoms with Crippen LogP contribution in [-0.4, -0.2) is 88.9 Å². The molecule has 0 radical (unpaired) electrons. The lowest BCUT2D eigenvalue weighted by molar-refractivity contribution is -0.131. The van der Waals surface area contributed by atoms with Crippen molar-refractivity contribution < 1.29 is 27.8 Å². The lowest BCUT2D eigenvalue weighted by Gasteiger charge is -2.41. The molecule has 1 amide bonds. The molecule has 10 nitrogen and oxygen atoms in total. The number of halogens is 3. The van der Waals surface area contributed by atoms with Crippen LogP contribution in [0.3, 0.4) is 0 Å². The summed E-state index contributed by atoms with van der Waals surface area (Å²) in [7, 11) is 0. The highest BCUT2D eigenvalue weighted by atomic mass is 35.5. The molecule has 0 spiro atoms. The van der Waals surface area contributed by atoms with Gasteiger partial charge in [-0.1, -0.05) is 18.2 Å². The molecule has 0 saturated carbocycles. The monoisotopic (exact) mass is 636 g/mol. The number of carbonyl (C=O) groups excluding carboxylic acids is 1. The second-order valence-corrected chi connectivity index (χ2v) is 11.6. The third kappa shape index (κ3) is 5.98. The van der Waals surface area contributed by atoms with Crippen molar-refractivity contribution in [3.8, 4) is 29.0 Å². The second-order valence-electron chi connectivity index (χ2n) is 11.2. The maximum Gasteiger partial charge on any atom is 0.319 e. The number of phenols is 1. The van der Waals surface area contributed by atoms with Crippen LogP contribution in [0.4, 0.5) is 14.6 Å². The summed E-state index contributed by atoms with van der Waals surface area (Å²) in [6.07, 6.45) is 3.32. The predicted octanol–water partition coefficient (Wildman–Crippen LogP) is 5.63. The normalized spacial score (nSPS) is 18.9. The van der Waals surface area contributed by atoms with Gasteiger partial charge in [0.05, 0.1) is 35.7 Å². The zero-order valence-electron chi connectivity index (χ0n) is 24.4. The van der Waals surface area contributed by atoms with E-state index in [1.54, 1.807) is 24.5 Å². The molecule has 2 atom stereocenters. The molecule has 0 aliphatic carbocycles. The minimum atomic E-state index is -1.08. The number of phenolic OH excluding ortho intramolecular Hbond substituents is 1. The Morgan fingerprint density at radius 1 is 1.20 bits per heavy atom. The molecule has 2 aliphatic rings. The molecule has 2 aliphatic heterocycles. The van der Waals surface area contributed by atoms with E-state index >= 15 is 0 Å². The zero-order chi connectivity index (χ0) is 31.7. The molecule has 234 valence electrons. The number of hydrogen-bond acceptors (Lipinski definition) is 9.